The topological polar surface area (TPSA) is 210 Å². The quantitative estimate of drug-likeness (QED) is 0.0148. The normalized spacial score (nSPS) is 22.3. The number of hydrogen-bond donors (Lipinski definition) is 6. The van der Waals surface area contributed by atoms with Crippen molar-refractivity contribution < 1.29 is 63.1 Å². The zero-order chi connectivity index (χ0) is 46.4. The SMILES string of the molecule is CCCCCC=CCC=CCC=CCCCCCCC(=O)OCC(COP(=O)(O)OC1C(O)C(O)C(O)C(O)C1O)OC(=O)CCCCCCC=CCC=CCC=CCCCCC. The van der Waals surface area contributed by atoms with Crippen LogP contribution in [-0.2, 0) is 32.7 Å². The van der Waals surface area contributed by atoms with Gasteiger partial charge in [-0.1, -0.05) is 138 Å². The van der Waals surface area contributed by atoms with Crippen LogP contribution in [0, 0.1) is 0 Å². The van der Waals surface area contributed by atoms with E-state index in [4.69, 9.17) is 18.5 Å². The lowest BCUT2D eigenvalue weighted by atomic mass is 9.85. The van der Waals surface area contributed by atoms with Gasteiger partial charge in [-0.2, -0.15) is 0 Å². The van der Waals surface area contributed by atoms with E-state index in [-0.39, 0.29) is 12.8 Å². The molecule has 1 rings (SSSR count). The average Bonchev–Trinajstić information content (AvgIpc) is 3.26. The Morgan fingerprint density at radius 2 is 0.857 bits per heavy atom. The molecule has 0 aromatic carbocycles. The molecule has 0 bridgehead atoms. The van der Waals surface area contributed by atoms with Crippen LogP contribution >= 0.6 is 7.82 Å². The molecular formula is C49H83O13P. The first kappa shape index (κ1) is 58.3. The van der Waals surface area contributed by atoms with Crippen LogP contribution in [0.2, 0.25) is 0 Å². The Hall–Kier alpha value is -2.71. The Kier molecular flexibility index (Phi) is 35.7. The number of carbonyl (C=O) groups is 2. The monoisotopic (exact) mass is 911 g/mol. The van der Waals surface area contributed by atoms with Crippen LogP contribution in [0.3, 0.4) is 0 Å². The number of esters is 2. The molecule has 0 spiro atoms. The van der Waals surface area contributed by atoms with E-state index < -0.39 is 75.7 Å². The molecule has 6 atom stereocenters. The minimum atomic E-state index is -5.14. The first-order valence-electron chi connectivity index (χ1n) is 23.7. The Morgan fingerprint density at radius 1 is 0.492 bits per heavy atom. The number of ether oxygens (including phenoxy) is 2. The second-order valence-corrected chi connectivity index (χ2v) is 17.7. The largest absolute Gasteiger partial charge is 0.472 e. The van der Waals surface area contributed by atoms with Gasteiger partial charge in [0.05, 0.1) is 6.61 Å². The Balaban J connectivity index is 2.49. The first-order chi connectivity index (χ1) is 30.4. The molecule has 0 heterocycles. The lowest BCUT2D eigenvalue weighted by Crippen LogP contribution is -2.64. The number of aliphatic hydroxyl groups excluding tert-OH is 5. The highest BCUT2D eigenvalue weighted by atomic mass is 31.2. The van der Waals surface area contributed by atoms with Gasteiger partial charge in [-0.15, -0.1) is 0 Å². The third-order valence-electron chi connectivity index (χ3n) is 10.5. The predicted molar refractivity (Wildman–Crippen MR) is 249 cm³/mol. The van der Waals surface area contributed by atoms with E-state index >= 15 is 0 Å². The summed E-state index contributed by atoms with van der Waals surface area (Å²) in [6.45, 7) is 3.20. The standard InChI is InChI=1S/C49H83O13P/c1-3-5-7-9-11-13-15-17-19-21-23-25-27-29-31-33-35-37-42(50)59-39-41(40-60-63(57,58)62-49-47(55)45(53)44(52)46(54)48(49)56)61-43(51)38-36-34-32-30-28-26-24-22-20-18-16-14-12-10-8-6-4-2/h11-14,17-20,23-26,41,44-49,52-56H,3-10,15-16,21-22,27-40H2,1-2H3,(H,57,58). The fraction of sp³-hybridized carbons (Fsp3) is 0.714. The zero-order valence-electron chi connectivity index (χ0n) is 38.3. The van der Waals surface area contributed by atoms with E-state index in [1.165, 1.54) is 38.5 Å². The number of allylic oxidation sites excluding steroid dienone is 12. The van der Waals surface area contributed by atoms with Crippen LogP contribution in [0.1, 0.15) is 168 Å². The summed E-state index contributed by atoms with van der Waals surface area (Å²) >= 11 is 0. The fourth-order valence-electron chi connectivity index (χ4n) is 6.65. The average molecular weight is 911 g/mol. The molecule has 6 unspecified atom stereocenters. The highest BCUT2D eigenvalue weighted by molar-refractivity contribution is 7.47. The van der Waals surface area contributed by atoms with E-state index in [0.717, 1.165) is 89.9 Å². The summed E-state index contributed by atoms with van der Waals surface area (Å²) in [7, 11) is -5.14. The molecule has 1 aliphatic carbocycles. The number of unbranched alkanes of at least 4 members (excludes halogenated alkanes) is 14. The summed E-state index contributed by atoms with van der Waals surface area (Å²) in [6.07, 6.45) is 35.2. The first-order valence-corrected chi connectivity index (χ1v) is 25.2. The van der Waals surface area contributed by atoms with Crippen LogP contribution in [0.4, 0.5) is 0 Å². The Morgan fingerprint density at radius 3 is 1.29 bits per heavy atom. The molecule has 0 saturated heterocycles. The van der Waals surface area contributed by atoms with Crippen molar-refractivity contribution >= 4 is 19.8 Å². The maximum absolute atomic E-state index is 12.8. The molecule has 63 heavy (non-hydrogen) atoms. The summed E-state index contributed by atoms with van der Waals surface area (Å²) < 4.78 is 33.5. The molecule has 14 heteroatoms. The van der Waals surface area contributed by atoms with Crippen molar-refractivity contribution in [1.82, 2.24) is 0 Å². The van der Waals surface area contributed by atoms with Gasteiger partial charge < -0.3 is 39.9 Å². The van der Waals surface area contributed by atoms with Gasteiger partial charge in [0.15, 0.2) is 6.10 Å². The van der Waals surface area contributed by atoms with Gasteiger partial charge in [-0.3, -0.25) is 18.6 Å². The van der Waals surface area contributed by atoms with Gasteiger partial charge in [0.2, 0.25) is 0 Å². The van der Waals surface area contributed by atoms with Crippen LogP contribution in [0.25, 0.3) is 0 Å². The molecule has 362 valence electrons. The van der Waals surface area contributed by atoms with Crippen molar-refractivity contribution in [2.45, 2.75) is 211 Å². The minimum Gasteiger partial charge on any atom is -0.462 e. The van der Waals surface area contributed by atoms with E-state index in [1.54, 1.807) is 0 Å². The molecule has 0 aromatic heterocycles. The maximum Gasteiger partial charge on any atom is 0.472 e. The summed E-state index contributed by atoms with van der Waals surface area (Å²) in [5.41, 5.74) is 0. The van der Waals surface area contributed by atoms with Gasteiger partial charge >= 0.3 is 19.8 Å². The number of rotatable bonds is 38. The number of phosphoric acid groups is 1. The highest BCUT2D eigenvalue weighted by Gasteiger charge is 2.51. The van der Waals surface area contributed by atoms with Crippen LogP contribution in [0.15, 0.2) is 72.9 Å². The van der Waals surface area contributed by atoms with E-state index in [9.17, 15) is 44.6 Å². The van der Waals surface area contributed by atoms with E-state index in [1.807, 2.05) is 0 Å². The molecule has 6 N–H and O–H groups in total. The summed E-state index contributed by atoms with van der Waals surface area (Å²) in [5.74, 6) is -1.16. The lowest BCUT2D eigenvalue weighted by molar-refractivity contribution is -0.220. The maximum atomic E-state index is 12.8. The third-order valence-corrected chi connectivity index (χ3v) is 11.5. The smallest absolute Gasteiger partial charge is 0.462 e. The van der Waals surface area contributed by atoms with Crippen molar-refractivity contribution in [3.8, 4) is 0 Å². The predicted octanol–water partition coefficient (Wildman–Crippen LogP) is 9.50. The van der Waals surface area contributed by atoms with Crippen molar-refractivity contribution in [3.05, 3.63) is 72.9 Å². The Bertz CT molecular complexity index is 1380. The molecule has 0 radical (unpaired) electrons. The van der Waals surface area contributed by atoms with Gasteiger partial charge in [-0.05, 0) is 89.9 Å². The van der Waals surface area contributed by atoms with Crippen molar-refractivity contribution in [1.29, 1.82) is 0 Å². The Labute approximate surface area is 378 Å². The molecule has 1 aliphatic rings. The van der Waals surface area contributed by atoms with Gasteiger partial charge in [0.25, 0.3) is 0 Å². The van der Waals surface area contributed by atoms with Crippen molar-refractivity contribution in [2.24, 2.45) is 0 Å². The molecule has 0 amide bonds. The van der Waals surface area contributed by atoms with Crippen LogP contribution in [0.5, 0.6) is 0 Å². The van der Waals surface area contributed by atoms with Gasteiger partial charge in [-0.25, -0.2) is 4.57 Å². The summed E-state index contributed by atoms with van der Waals surface area (Å²) in [6, 6.07) is 0. The second kappa shape index (κ2) is 38.5. The highest BCUT2D eigenvalue weighted by Crippen LogP contribution is 2.47. The molecule has 0 aromatic rings. The zero-order valence-corrected chi connectivity index (χ0v) is 39.2. The molecule has 13 nitrogen and oxygen atoms in total. The van der Waals surface area contributed by atoms with Crippen molar-refractivity contribution in [3.63, 3.8) is 0 Å². The number of hydrogen-bond acceptors (Lipinski definition) is 12. The van der Waals surface area contributed by atoms with Crippen LogP contribution < -0.4 is 0 Å². The van der Waals surface area contributed by atoms with Crippen LogP contribution in [-0.4, -0.2) is 98.3 Å². The summed E-state index contributed by atoms with van der Waals surface area (Å²) in [4.78, 5) is 35.7. The number of phosphoric ester groups is 1. The number of carbonyl (C=O) groups excluding carboxylic acids is 2. The second-order valence-electron chi connectivity index (χ2n) is 16.3. The molecule has 1 saturated carbocycles. The number of aliphatic hydroxyl groups is 5. The minimum absolute atomic E-state index is 0.0622. The third kappa shape index (κ3) is 31.0. The molecular weight excluding hydrogens is 827 g/mol. The van der Waals surface area contributed by atoms with Gasteiger partial charge in [0, 0.05) is 12.8 Å². The van der Waals surface area contributed by atoms with E-state index in [2.05, 4.69) is 86.8 Å². The lowest BCUT2D eigenvalue weighted by Gasteiger charge is -2.41. The van der Waals surface area contributed by atoms with E-state index in [0.29, 0.717) is 12.8 Å². The fourth-order valence-corrected chi connectivity index (χ4v) is 7.62. The molecule has 0 aliphatic heterocycles. The van der Waals surface area contributed by atoms with Crippen molar-refractivity contribution in [2.75, 3.05) is 13.2 Å². The van der Waals surface area contributed by atoms with Gasteiger partial charge in [0.1, 0.15) is 43.2 Å². The molecule has 1 fully saturated rings. The summed E-state index contributed by atoms with van der Waals surface area (Å²) in [5, 5.41) is 50.2.